The fourth-order valence-corrected chi connectivity index (χ4v) is 5.54. The smallest absolute Gasteiger partial charge is 0.143 e. The third-order valence-electron chi connectivity index (χ3n) is 4.18. The number of nitrogens with two attached hydrogens (primary N) is 1. The summed E-state index contributed by atoms with van der Waals surface area (Å²) in [7, 11) is 0. The lowest BCUT2D eigenvalue weighted by atomic mass is 10.0. The van der Waals surface area contributed by atoms with Gasteiger partial charge in [0.15, 0.2) is 0 Å². The number of nitrogen functional groups attached to an aromatic ring is 1. The van der Waals surface area contributed by atoms with Crippen molar-refractivity contribution in [2.75, 3.05) is 5.73 Å². The lowest BCUT2D eigenvalue weighted by molar-refractivity contribution is 1.11. The molecule has 0 aliphatic heterocycles. The number of nitrogens with zero attached hydrogens (tertiary/aromatic N) is 4. The molecule has 0 bridgehead atoms. The maximum Gasteiger partial charge on any atom is 0.143 e. The summed E-state index contributed by atoms with van der Waals surface area (Å²) >= 11 is 10.3. The number of thiophene rings is 1. The van der Waals surface area contributed by atoms with Gasteiger partial charge in [0.05, 0.1) is 11.3 Å². The summed E-state index contributed by atoms with van der Waals surface area (Å²) in [5.74, 6) is 0.656. The summed E-state index contributed by atoms with van der Waals surface area (Å²) in [6.07, 6.45) is 0. The lowest BCUT2D eigenvalue weighted by Crippen LogP contribution is -2.02. The molecule has 0 radical (unpaired) electrons. The molecule has 3 heterocycles. The average molecular weight is 466 g/mol. The summed E-state index contributed by atoms with van der Waals surface area (Å²) < 4.78 is 0. The number of benzene rings is 1. The zero-order valence-electron chi connectivity index (χ0n) is 15.3. The molecule has 0 saturated carbocycles. The highest BCUT2D eigenvalue weighted by molar-refractivity contribution is 7.98. The number of nitriles is 2. The zero-order chi connectivity index (χ0) is 21.1. The van der Waals surface area contributed by atoms with E-state index in [1.165, 1.54) is 23.1 Å². The second-order valence-electron chi connectivity index (χ2n) is 6.07. The van der Waals surface area contributed by atoms with Gasteiger partial charge in [-0.1, -0.05) is 41.6 Å². The molecular weight excluding hydrogens is 454 g/mol. The number of anilines is 1. The fraction of sp³-hybridized carbons (Fsp3) is 0.0476. The Bertz CT molecular complexity index is 1280. The van der Waals surface area contributed by atoms with Crippen LogP contribution in [0.15, 0.2) is 52.2 Å². The molecule has 4 aromatic rings. The van der Waals surface area contributed by atoms with E-state index in [1.807, 2.05) is 47.2 Å². The predicted molar refractivity (Wildman–Crippen MR) is 124 cm³/mol. The molecule has 0 atom stereocenters. The van der Waals surface area contributed by atoms with Crippen molar-refractivity contribution in [2.45, 2.75) is 10.8 Å². The molecule has 2 N–H and O–H groups in total. The molecule has 5 nitrogen and oxygen atoms in total. The van der Waals surface area contributed by atoms with E-state index >= 15 is 0 Å². The van der Waals surface area contributed by atoms with Gasteiger partial charge in [-0.25, -0.2) is 9.97 Å². The van der Waals surface area contributed by atoms with E-state index in [1.54, 1.807) is 11.3 Å². The van der Waals surface area contributed by atoms with Crippen LogP contribution in [0.1, 0.15) is 16.8 Å². The van der Waals surface area contributed by atoms with E-state index in [4.69, 9.17) is 17.3 Å². The molecule has 4 rings (SSSR count). The van der Waals surface area contributed by atoms with Crippen LogP contribution in [-0.4, -0.2) is 9.97 Å². The van der Waals surface area contributed by atoms with Crippen LogP contribution in [-0.2, 0) is 5.75 Å². The second-order valence-corrected chi connectivity index (χ2v) is 9.27. The van der Waals surface area contributed by atoms with E-state index in [-0.39, 0.29) is 11.4 Å². The van der Waals surface area contributed by atoms with Crippen molar-refractivity contribution in [1.29, 1.82) is 10.5 Å². The van der Waals surface area contributed by atoms with Crippen LogP contribution < -0.4 is 5.73 Å². The molecular formula is C21H12ClN5S3. The lowest BCUT2D eigenvalue weighted by Gasteiger charge is -2.11. The first-order chi connectivity index (χ1) is 14.6. The number of aromatic nitrogens is 2. The molecule has 3 aromatic heterocycles. The summed E-state index contributed by atoms with van der Waals surface area (Å²) in [6.45, 7) is 0. The molecule has 9 heteroatoms. The Morgan fingerprint density at radius 3 is 2.47 bits per heavy atom. The highest BCUT2D eigenvalue weighted by atomic mass is 35.5. The Hall–Kier alpha value is -2.88. The quantitative estimate of drug-likeness (QED) is 0.352. The van der Waals surface area contributed by atoms with Crippen LogP contribution in [0.2, 0.25) is 5.02 Å². The third kappa shape index (κ3) is 4.04. The highest BCUT2D eigenvalue weighted by Crippen LogP contribution is 2.38. The van der Waals surface area contributed by atoms with Gasteiger partial charge in [-0.3, -0.25) is 0 Å². The van der Waals surface area contributed by atoms with Crippen molar-refractivity contribution < 1.29 is 0 Å². The normalized spacial score (nSPS) is 10.5. The van der Waals surface area contributed by atoms with Crippen molar-refractivity contribution in [1.82, 2.24) is 9.97 Å². The number of halogens is 1. The van der Waals surface area contributed by atoms with Crippen molar-refractivity contribution >= 4 is 51.9 Å². The van der Waals surface area contributed by atoms with Crippen molar-refractivity contribution in [3.63, 3.8) is 0 Å². The number of thioether (sulfide) groups is 1. The average Bonchev–Trinajstić information content (AvgIpc) is 3.44. The van der Waals surface area contributed by atoms with Crippen molar-refractivity contribution in [3.05, 3.63) is 69.0 Å². The maximum absolute atomic E-state index is 9.81. The number of thiazole rings is 1. The number of hydrogen-bond donors (Lipinski definition) is 1. The molecule has 0 aliphatic rings. The van der Waals surface area contributed by atoms with Gasteiger partial charge in [0.25, 0.3) is 0 Å². The Morgan fingerprint density at radius 2 is 1.80 bits per heavy atom. The van der Waals surface area contributed by atoms with E-state index in [2.05, 4.69) is 22.1 Å². The molecule has 0 fully saturated rings. The first-order valence-corrected chi connectivity index (χ1v) is 11.7. The van der Waals surface area contributed by atoms with Gasteiger partial charge in [-0.15, -0.1) is 22.7 Å². The van der Waals surface area contributed by atoms with Gasteiger partial charge in [-0.05, 0) is 23.6 Å². The Labute approximate surface area is 190 Å². The van der Waals surface area contributed by atoms with Crippen LogP contribution >= 0.6 is 46.0 Å². The van der Waals surface area contributed by atoms with E-state index in [0.717, 1.165) is 21.1 Å². The molecule has 146 valence electrons. The van der Waals surface area contributed by atoms with Gasteiger partial charge in [0.1, 0.15) is 33.6 Å². The molecule has 1 aromatic carbocycles. The van der Waals surface area contributed by atoms with Crippen LogP contribution in [0, 0.1) is 22.7 Å². The first-order valence-electron chi connectivity index (χ1n) is 8.61. The van der Waals surface area contributed by atoms with Gasteiger partial charge in [0.2, 0.25) is 0 Å². The van der Waals surface area contributed by atoms with Gasteiger partial charge >= 0.3 is 0 Å². The molecule has 0 spiro atoms. The largest absolute Gasteiger partial charge is 0.383 e. The topological polar surface area (TPSA) is 99.4 Å². The minimum atomic E-state index is 0.127. The second kappa shape index (κ2) is 8.86. The number of rotatable bonds is 5. The number of hydrogen-bond acceptors (Lipinski definition) is 8. The SMILES string of the molecule is N#Cc1c(N)nc(SCc2csc(-c3ccc(Cl)cc3)n2)c(C#N)c1-c1cccs1. The van der Waals surface area contributed by atoms with Crippen molar-refractivity contribution in [3.8, 4) is 33.2 Å². The highest BCUT2D eigenvalue weighted by Gasteiger charge is 2.21. The summed E-state index contributed by atoms with van der Waals surface area (Å²) in [5, 5.41) is 25.3. The molecule has 0 saturated heterocycles. The summed E-state index contributed by atoms with van der Waals surface area (Å²) in [4.78, 5) is 9.83. The van der Waals surface area contributed by atoms with Crippen LogP contribution in [0.25, 0.3) is 21.0 Å². The van der Waals surface area contributed by atoms with Gasteiger partial charge < -0.3 is 5.73 Å². The van der Waals surface area contributed by atoms with Crippen LogP contribution in [0.4, 0.5) is 5.82 Å². The van der Waals surface area contributed by atoms with E-state index < -0.39 is 0 Å². The third-order valence-corrected chi connectivity index (χ3v) is 7.27. The summed E-state index contributed by atoms with van der Waals surface area (Å²) in [5.41, 5.74) is 9.07. The van der Waals surface area contributed by atoms with Gasteiger partial charge in [-0.2, -0.15) is 10.5 Å². The monoisotopic (exact) mass is 465 g/mol. The Balaban J connectivity index is 1.64. The molecule has 0 unspecified atom stereocenters. The maximum atomic E-state index is 9.81. The Morgan fingerprint density at radius 1 is 1.03 bits per heavy atom. The standard InChI is InChI=1S/C21H12ClN5S3/c22-13-5-3-12(4-6-13)20-26-14(10-29-20)11-30-21-16(9-24)18(17-2-1-7-28-17)15(8-23)19(25)27-21/h1-7,10H,11H2,(H2,25,27). The van der Waals surface area contributed by atoms with Gasteiger partial charge in [0, 0.05) is 32.2 Å². The minimum absolute atomic E-state index is 0.127. The molecule has 0 aliphatic carbocycles. The molecule has 30 heavy (non-hydrogen) atoms. The molecule has 0 amide bonds. The van der Waals surface area contributed by atoms with Crippen LogP contribution in [0.3, 0.4) is 0 Å². The van der Waals surface area contributed by atoms with Crippen molar-refractivity contribution in [2.24, 2.45) is 0 Å². The van der Waals surface area contributed by atoms with Crippen LogP contribution in [0.5, 0.6) is 0 Å². The fourth-order valence-electron chi connectivity index (χ4n) is 2.81. The van der Waals surface area contributed by atoms with E-state index in [9.17, 15) is 10.5 Å². The predicted octanol–water partition coefficient (Wildman–Crippen LogP) is 6.20. The van der Waals surface area contributed by atoms with E-state index in [0.29, 0.717) is 26.9 Å². The Kier molecular flexibility index (Phi) is 6.03. The summed E-state index contributed by atoms with van der Waals surface area (Å²) in [6, 6.07) is 15.6. The number of pyridine rings is 1. The minimum Gasteiger partial charge on any atom is -0.383 e. The zero-order valence-corrected chi connectivity index (χ0v) is 18.5. The first kappa shape index (κ1) is 20.4.